The number of carbonyl (C=O) groups excluding carboxylic acids is 2. The monoisotopic (exact) mass is 337 g/mol. The van der Waals surface area contributed by atoms with E-state index in [4.69, 9.17) is 4.84 Å². The summed E-state index contributed by atoms with van der Waals surface area (Å²) in [5.41, 5.74) is 0.942. The van der Waals surface area contributed by atoms with Crippen molar-refractivity contribution < 1.29 is 19.3 Å². The lowest BCUT2D eigenvalue weighted by Gasteiger charge is -2.15. The predicted octanol–water partition coefficient (Wildman–Crippen LogP) is 1.89. The van der Waals surface area contributed by atoms with Crippen molar-refractivity contribution in [2.45, 2.75) is 6.10 Å². The van der Waals surface area contributed by atoms with Crippen LogP contribution in [0.2, 0.25) is 0 Å². The zero-order chi connectivity index (χ0) is 17.6. The van der Waals surface area contributed by atoms with Crippen molar-refractivity contribution in [3.05, 3.63) is 70.3 Å². The Morgan fingerprint density at radius 3 is 2.52 bits per heavy atom. The van der Waals surface area contributed by atoms with E-state index < -0.39 is 28.8 Å². The molecule has 0 bridgehead atoms. The molecule has 2 aliphatic rings. The maximum absolute atomic E-state index is 12.8. The predicted molar refractivity (Wildman–Crippen MR) is 86.9 cm³/mol. The number of nitro benzene ring substituents is 1. The molecule has 0 N–H and O–H groups in total. The number of non-ortho nitro benzene ring substituents is 1. The third kappa shape index (κ3) is 2.26. The molecule has 1 saturated heterocycles. The number of nitro groups is 1. The van der Waals surface area contributed by atoms with Gasteiger partial charge in [-0.2, -0.15) is 0 Å². The summed E-state index contributed by atoms with van der Waals surface area (Å²) in [7, 11) is 0. The highest BCUT2D eigenvalue weighted by Gasteiger charge is 2.56. The van der Waals surface area contributed by atoms with Gasteiger partial charge in [-0.1, -0.05) is 35.5 Å². The second-order valence-electron chi connectivity index (χ2n) is 5.64. The lowest BCUT2D eigenvalue weighted by atomic mass is 9.94. The number of hydrogen-bond acceptors (Lipinski definition) is 6. The molecule has 25 heavy (non-hydrogen) atoms. The van der Waals surface area contributed by atoms with Crippen LogP contribution in [0.25, 0.3) is 0 Å². The molecule has 2 amide bonds. The van der Waals surface area contributed by atoms with E-state index in [-0.39, 0.29) is 11.4 Å². The van der Waals surface area contributed by atoms with Gasteiger partial charge in [0, 0.05) is 17.7 Å². The normalized spacial score (nSPS) is 21.8. The lowest BCUT2D eigenvalue weighted by Crippen LogP contribution is -2.33. The Hall–Kier alpha value is -3.55. The van der Waals surface area contributed by atoms with E-state index in [0.717, 1.165) is 4.90 Å². The van der Waals surface area contributed by atoms with Crippen LogP contribution in [0, 0.1) is 16.0 Å². The maximum Gasteiger partial charge on any atom is 0.278 e. The smallest absolute Gasteiger partial charge is 0.278 e. The van der Waals surface area contributed by atoms with Crippen LogP contribution < -0.4 is 4.90 Å². The zero-order valence-electron chi connectivity index (χ0n) is 12.7. The summed E-state index contributed by atoms with van der Waals surface area (Å²) in [4.78, 5) is 42.0. The molecule has 2 aliphatic heterocycles. The molecule has 0 saturated carbocycles. The molecule has 0 radical (unpaired) electrons. The number of rotatable bonds is 3. The minimum absolute atomic E-state index is 0.125. The van der Waals surface area contributed by atoms with Gasteiger partial charge in [0.15, 0.2) is 0 Å². The van der Waals surface area contributed by atoms with Crippen LogP contribution in [0.4, 0.5) is 11.4 Å². The van der Waals surface area contributed by atoms with E-state index in [1.165, 1.54) is 18.2 Å². The fourth-order valence-corrected chi connectivity index (χ4v) is 3.03. The van der Waals surface area contributed by atoms with Crippen molar-refractivity contribution in [2.24, 2.45) is 11.1 Å². The average molecular weight is 337 g/mol. The van der Waals surface area contributed by atoms with Crippen LogP contribution in [-0.2, 0) is 14.4 Å². The molecule has 2 unspecified atom stereocenters. The maximum atomic E-state index is 12.8. The Morgan fingerprint density at radius 1 is 1.04 bits per heavy atom. The molecule has 1 fully saturated rings. The van der Waals surface area contributed by atoms with E-state index in [0.29, 0.717) is 11.3 Å². The minimum Gasteiger partial charge on any atom is -0.381 e. The minimum atomic E-state index is -1.04. The number of imide groups is 1. The number of carbonyl (C=O) groups is 2. The summed E-state index contributed by atoms with van der Waals surface area (Å²) in [6, 6.07) is 14.3. The summed E-state index contributed by atoms with van der Waals surface area (Å²) in [6.45, 7) is 0. The molecule has 2 aromatic carbocycles. The van der Waals surface area contributed by atoms with Gasteiger partial charge in [-0.15, -0.1) is 0 Å². The van der Waals surface area contributed by atoms with Gasteiger partial charge in [0.1, 0.15) is 11.6 Å². The first kappa shape index (κ1) is 15.0. The van der Waals surface area contributed by atoms with Crippen molar-refractivity contribution in [1.82, 2.24) is 0 Å². The van der Waals surface area contributed by atoms with E-state index in [1.807, 2.05) is 0 Å². The van der Waals surface area contributed by atoms with Crippen LogP contribution in [0.1, 0.15) is 5.56 Å². The molecule has 8 nitrogen and oxygen atoms in total. The standard InChI is InChI=1S/C17H11N3O5/c21-16-13-14(10-5-4-8-12(9-10)20(23)24)18-25-15(13)17(22)19(16)11-6-2-1-3-7-11/h1-9,13,15H. The van der Waals surface area contributed by atoms with Gasteiger partial charge in [-0.3, -0.25) is 19.7 Å². The molecular formula is C17H11N3O5. The number of benzene rings is 2. The second-order valence-corrected chi connectivity index (χ2v) is 5.64. The first-order chi connectivity index (χ1) is 12.1. The quantitative estimate of drug-likeness (QED) is 0.483. The largest absolute Gasteiger partial charge is 0.381 e. The highest BCUT2D eigenvalue weighted by Crippen LogP contribution is 2.35. The van der Waals surface area contributed by atoms with Crippen LogP contribution in [0.15, 0.2) is 59.8 Å². The molecule has 4 rings (SSSR count). The number of anilines is 1. The summed E-state index contributed by atoms with van der Waals surface area (Å²) < 4.78 is 0. The third-order valence-corrected chi connectivity index (χ3v) is 4.18. The summed E-state index contributed by atoms with van der Waals surface area (Å²) in [6.07, 6.45) is -1.04. The molecule has 2 aromatic rings. The Labute approximate surface area is 141 Å². The average Bonchev–Trinajstić information content (AvgIpc) is 3.16. The number of hydrogen-bond donors (Lipinski definition) is 0. The first-order valence-corrected chi connectivity index (χ1v) is 7.49. The summed E-state index contributed by atoms with van der Waals surface area (Å²) in [5, 5.41) is 14.8. The third-order valence-electron chi connectivity index (χ3n) is 4.18. The molecule has 8 heteroatoms. The van der Waals surface area contributed by atoms with Crippen molar-refractivity contribution in [1.29, 1.82) is 0 Å². The van der Waals surface area contributed by atoms with Gasteiger partial charge < -0.3 is 4.84 Å². The topological polar surface area (TPSA) is 102 Å². The van der Waals surface area contributed by atoms with Gasteiger partial charge >= 0.3 is 0 Å². The van der Waals surface area contributed by atoms with Crippen molar-refractivity contribution >= 4 is 28.9 Å². The van der Waals surface area contributed by atoms with E-state index >= 15 is 0 Å². The number of para-hydroxylation sites is 1. The molecular weight excluding hydrogens is 326 g/mol. The summed E-state index contributed by atoms with van der Waals surface area (Å²) >= 11 is 0. The molecule has 0 aliphatic carbocycles. The van der Waals surface area contributed by atoms with Crippen LogP contribution in [-0.4, -0.2) is 28.6 Å². The fraction of sp³-hybridized carbons (Fsp3) is 0.118. The van der Waals surface area contributed by atoms with Crippen LogP contribution in [0.5, 0.6) is 0 Å². The highest BCUT2D eigenvalue weighted by molar-refractivity contribution is 6.32. The second kappa shape index (κ2) is 5.52. The van der Waals surface area contributed by atoms with E-state index in [9.17, 15) is 19.7 Å². The Morgan fingerprint density at radius 2 is 1.80 bits per heavy atom. The molecule has 124 valence electrons. The lowest BCUT2D eigenvalue weighted by molar-refractivity contribution is -0.384. The van der Waals surface area contributed by atoms with Crippen molar-refractivity contribution in [3.63, 3.8) is 0 Å². The van der Waals surface area contributed by atoms with E-state index in [2.05, 4.69) is 5.16 Å². The van der Waals surface area contributed by atoms with Gasteiger partial charge in [0.25, 0.3) is 11.6 Å². The zero-order valence-corrected chi connectivity index (χ0v) is 12.7. The van der Waals surface area contributed by atoms with Gasteiger partial charge in [0.05, 0.1) is 10.6 Å². The molecule has 2 atom stereocenters. The van der Waals surface area contributed by atoms with Crippen LogP contribution >= 0.6 is 0 Å². The number of fused-ring (bicyclic) bond motifs is 1. The van der Waals surface area contributed by atoms with Gasteiger partial charge in [-0.25, -0.2) is 4.90 Å². The van der Waals surface area contributed by atoms with Gasteiger partial charge in [-0.05, 0) is 12.1 Å². The molecule has 2 heterocycles. The molecule has 0 spiro atoms. The Kier molecular flexibility index (Phi) is 3.31. The number of nitrogens with zero attached hydrogens (tertiary/aromatic N) is 3. The SMILES string of the molecule is O=C1C2ON=C(c3cccc([N+](=O)[O-])c3)C2C(=O)N1c1ccccc1. The first-order valence-electron chi connectivity index (χ1n) is 7.49. The molecule has 0 aromatic heterocycles. The number of oxime groups is 1. The highest BCUT2D eigenvalue weighted by atomic mass is 16.7. The Bertz CT molecular complexity index is 925. The fourth-order valence-electron chi connectivity index (χ4n) is 3.03. The Balaban J connectivity index is 1.71. The van der Waals surface area contributed by atoms with Crippen molar-refractivity contribution in [2.75, 3.05) is 4.90 Å². The van der Waals surface area contributed by atoms with Crippen molar-refractivity contribution in [3.8, 4) is 0 Å². The number of amides is 2. The summed E-state index contributed by atoms with van der Waals surface area (Å²) in [5.74, 6) is -1.86. The van der Waals surface area contributed by atoms with Gasteiger partial charge in [0.2, 0.25) is 12.0 Å². The van der Waals surface area contributed by atoms with Crippen LogP contribution in [0.3, 0.4) is 0 Å². The van der Waals surface area contributed by atoms with E-state index in [1.54, 1.807) is 36.4 Å².